The third kappa shape index (κ3) is 4.44. The van der Waals surface area contributed by atoms with Crippen molar-refractivity contribution in [3.8, 4) is 5.75 Å². The Morgan fingerprint density at radius 1 is 1.38 bits per heavy atom. The number of carbonyl (C=O) groups is 1. The van der Waals surface area contributed by atoms with Crippen molar-refractivity contribution in [3.05, 3.63) is 26.6 Å². The van der Waals surface area contributed by atoms with Crippen LogP contribution in [0.25, 0.3) is 0 Å². The first-order valence-electron chi connectivity index (χ1n) is 7.03. The molecule has 1 atom stereocenters. The minimum absolute atomic E-state index is 0.115. The van der Waals surface area contributed by atoms with Gasteiger partial charge in [-0.2, -0.15) is 0 Å². The van der Waals surface area contributed by atoms with Gasteiger partial charge in [0.1, 0.15) is 12.4 Å². The number of halogens is 2. The van der Waals surface area contributed by atoms with E-state index in [0.717, 1.165) is 23.9 Å². The molecule has 1 fully saturated rings. The highest BCUT2D eigenvalue weighted by atomic mass is 79.9. The summed E-state index contributed by atoms with van der Waals surface area (Å²) in [6.45, 7) is 3.39. The monoisotopic (exact) mass is 420 g/mol. The fourth-order valence-electron chi connectivity index (χ4n) is 2.15. The molecule has 1 saturated heterocycles. The summed E-state index contributed by atoms with van der Waals surface area (Å²) < 4.78 is 17.9. The van der Waals surface area contributed by atoms with Gasteiger partial charge in [-0.05, 0) is 70.2 Å². The first-order valence-corrected chi connectivity index (χ1v) is 8.61. The average Bonchev–Trinajstić information content (AvgIpc) is 2.48. The van der Waals surface area contributed by atoms with Gasteiger partial charge < -0.3 is 14.2 Å². The van der Waals surface area contributed by atoms with Crippen molar-refractivity contribution in [2.75, 3.05) is 19.8 Å². The van der Waals surface area contributed by atoms with Gasteiger partial charge in [-0.3, -0.25) is 0 Å². The zero-order chi connectivity index (χ0) is 15.2. The van der Waals surface area contributed by atoms with Crippen molar-refractivity contribution in [3.63, 3.8) is 0 Å². The third-order valence-electron chi connectivity index (χ3n) is 3.23. The minimum Gasteiger partial charge on any atom is -0.488 e. The number of hydrogen-bond donors (Lipinski definition) is 0. The SMILES string of the molecule is CCOC(=O)c1ccc(Br)c(OCC2CCCCO2)c1Br. The van der Waals surface area contributed by atoms with Crippen molar-refractivity contribution < 1.29 is 19.0 Å². The number of hydrogen-bond acceptors (Lipinski definition) is 4. The van der Waals surface area contributed by atoms with Crippen LogP contribution < -0.4 is 4.74 Å². The summed E-state index contributed by atoms with van der Waals surface area (Å²) in [7, 11) is 0. The summed E-state index contributed by atoms with van der Waals surface area (Å²) >= 11 is 6.88. The van der Waals surface area contributed by atoms with Crippen molar-refractivity contribution in [2.24, 2.45) is 0 Å². The fraction of sp³-hybridized carbons (Fsp3) is 0.533. The number of carbonyl (C=O) groups excluding carboxylic acids is 1. The fourth-order valence-corrected chi connectivity index (χ4v) is 3.48. The Labute approximate surface area is 141 Å². The van der Waals surface area contributed by atoms with Crippen LogP contribution in [0.1, 0.15) is 36.5 Å². The predicted octanol–water partition coefficient (Wildman–Crippen LogP) is 4.34. The third-order valence-corrected chi connectivity index (χ3v) is 4.64. The maximum atomic E-state index is 11.9. The van der Waals surface area contributed by atoms with Crippen molar-refractivity contribution in [1.82, 2.24) is 0 Å². The smallest absolute Gasteiger partial charge is 0.339 e. The predicted molar refractivity (Wildman–Crippen MR) is 86.9 cm³/mol. The van der Waals surface area contributed by atoms with E-state index < -0.39 is 0 Å². The van der Waals surface area contributed by atoms with E-state index in [4.69, 9.17) is 14.2 Å². The molecule has 0 bridgehead atoms. The number of ether oxygens (including phenoxy) is 3. The molecule has 0 aliphatic carbocycles. The summed E-state index contributed by atoms with van der Waals surface area (Å²) in [4.78, 5) is 11.9. The van der Waals surface area contributed by atoms with E-state index >= 15 is 0 Å². The summed E-state index contributed by atoms with van der Waals surface area (Å²) in [6.07, 6.45) is 3.40. The van der Waals surface area contributed by atoms with Gasteiger partial charge in [0.25, 0.3) is 0 Å². The molecule has 1 aromatic carbocycles. The molecule has 1 aromatic rings. The van der Waals surface area contributed by atoms with Crippen LogP contribution in [0, 0.1) is 0 Å². The van der Waals surface area contributed by atoms with Gasteiger partial charge in [-0.25, -0.2) is 4.79 Å². The zero-order valence-corrected chi connectivity index (χ0v) is 15.0. The highest BCUT2D eigenvalue weighted by molar-refractivity contribution is 9.11. The molecule has 2 rings (SSSR count). The Bertz CT molecular complexity index is 499. The van der Waals surface area contributed by atoms with E-state index in [9.17, 15) is 4.79 Å². The quantitative estimate of drug-likeness (QED) is 0.663. The van der Waals surface area contributed by atoms with Crippen LogP contribution in [0.2, 0.25) is 0 Å². The molecule has 0 radical (unpaired) electrons. The Balaban J connectivity index is 2.10. The second-order valence-corrected chi connectivity index (χ2v) is 6.41. The lowest BCUT2D eigenvalue weighted by Gasteiger charge is -2.23. The summed E-state index contributed by atoms with van der Waals surface area (Å²) in [5.41, 5.74) is 0.458. The molecule has 0 aromatic heterocycles. The molecular formula is C15H18Br2O4. The lowest BCUT2D eigenvalue weighted by Crippen LogP contribution is -2.26. The minimum atomic E-state index is -0.365. The van der Waals surface area contributed by atoms with Gasteiger partial charge in [0.15, 0.2) is 0 Å². The first kappa shape index (κ1) is 16.8. The molecule has 1 heterocycles. The van der Waals surface area contributed by atoms with Gasteiger partial charge in [-0.15, -0.1) is 0 Å². The lowest BCUT2D eigenvalue weighted by atomic mass is 10.1. The summed E-state index contributed by atoms with van der Waals surface area (Å²) in [6, 6.07) is 3.49. The molecule has 0 N–H and O–H groups in total. The first-order chi connectivity index (χ1) is 10.1. The normalized spacial score (nSPS) is 18.3. The number of esters is 1. The molecular weight excluding hydrogens is 404 g/mol. The van der Waals surface area contributed by atoms with Crippen LogP contribution in [-0.2, 0) is 9.47 Å². The maximum absolute atomic E-state index is 11.9. The van der Waals surface area contributed by atoms with Crippen LogP contribution in [0.15, 0.2) is 21.1 Å². The average molecular weight is 422 g/mol. The Kier molecular flexibility index (Phi) is 6.51. The molecule has 0 spiro atoms. The van der Waals surface area contributed by atoms with Crippen molar-refractivity contribution in [2.45, 2.75) is 32.3 Å². The highest BCUT2D eigenvalue weighted by Crippen LogP contribution is 2.36. The van der Waals surface area contributed by atoms with E-state index in [1.807, 2.05) is 0 Å². The molecule has 1 aliphatic heterocycles. The zero-order valence-electron chi connectivity index (χ0n) is 11.9. The number of rotatable bonds is 5. The second-order valence-electron chi connectivity index (χ2n) is 4.76. The van der Waals surface area contributed by atoms with E-state index in [-0.39, 0.29) is 12.1 Å². The molecule has 0 saturated carbocycles. The Hall–Kier alpha value is -0.590. The van der Waals surface area contributed by atoms with Gasteiger partial charge in [0, 0.05) is 6.61 Å². The second kappa shape index (κ2) is 8.15. The van der Waals surface area contributed by atoms with Crippen molar-refractivity contribution in [1.29, 1.82) is 0 Å². The van der Waals surface area contributed by atoms with Crippen LogP contribution in [-0.4, -0.2) is 31.9 Å². The van der Waals surface area contributed by atoms with Crippen LogP contribution in [0.4, 0.5) is 0 Å². The van der Waals surface area contributed by atoms with Crippen LogP contribution in [0.5, 0.6) is 5.75 Å². The number of benzene rings is 1. The molecule has 116 valence electrons. The highest BCUT2D eigenvalue weighted by Gasteiger charge is 2.20. The van der Waals surface area contributed by atoms with Gasteiger partial charge in [0.2, 0.25) is 0 Å². The molecule has 4 nitrogen and oxygen atoms in total. The topological polar surface area (TPSA) is 44.8 Å². The molecule has 6 heteroatoms. The summed E-state index contributed by atoms with van der Waals surface area (Å²) in [5.74, 6) is 0.241. The molecule has 21 heavy (non-hydrogen) atoms. The van der Waals surface area contributed by atoms with Gasteiger partial charge in [0.05, 0.1) is 27.2 Å². The standard InChI is InChI=1S/C15H18Br2O4/c1-2-19-15(18)11-6-7-12(16)14(13(11)17)21-9-10-5-3-4-8-20-10/h6-7,10H,2-5,8-9H2,1H3. The van der Waals surface area contributed by atoms with Gasteiger partial charge >= 0.3 is 5.97 Å². The molecule has 1 aliphatic rings. The van der Waals surface area contributed by atoms with E-state index in [1.54, 1.807) is 19.1 Å². The molecule has 1 unspecified atom stereocenters. The summed E-state index contributed by atoms with van der Waals surface area (Å²) in [5, 5.41) is 0. The Morgan fingerprint density at radius 3 is 2.86 bits per heavy atom. The Morgan fingerprint density at radius 2 is 2.19 bits per heavy atom. The van der Waals surface area contributed by atoms with Gasteiger partial charge in [-0.1, -0.05) is 0 Å². The van der Waals surface area contributed by atoms with E-state index in [2.05, 4.69) is 31.9 Å². The van der Waals surface area contributed by atoms with Crippen LogP contribution >= 0.6 is 31.9 Å². The molecule has 0 amide bonds. The largest absolute Gasteiger partial charge is 0.488 e. The van der Waals surface area contributed by atoms with Crippen molar-refractivity contribution >= 4 is 37.8 Å². The van der Waals surface area contributed by atoms with E-state index in [1.165, 1.54) is 6.42 Å². The lowest BCUT2D eigenvalue weighted by molar-refractivity contribution is -0.0113. The maximum Gasteiger partial charge on any atom is 0.339 e. The van der Waals surface area contributed by atoms with E-state index in [0.29, 0.717) is 29.0 Å². The van der Waals surface area contributed by atoms with Crippen LogP contribution in [0.3, 0.4) is 0 Å².